The molecule has 0 saturated carbocycles. The summed E-state index contributed by atoms with van der Waals surface area (Å²) in [6.45, 7) is 4.30. The Kier molecular flexibility index (Phi) is 4.02. The molecule has 0 aliphatic heterocycles. The summed E-state index contributed by atoms with van der Waals surface area (Å²) in [6, 6.07) is 6.54. The summed E-state index contributed by atoms with van der Waals surface area (Å²) in [5.41, 5.74) is -0.753. The van der Waals surface area contributed by atoms with Gasteiger partial charge >= 0.3 is 0 Å². The van der Waals surface area contributed by atoms with Gasteiger partial charge in [-0.05, 0) is 18.1 Å². The molecule has 0 atom stereocenters. The number of aromatic nitrogens is 2. The molecule has 2 rings (SSSR count). The van der Waals surface area contributed by atoms with Crippen LogP contribution in [0.5, 0.6) is 0 Å². The highest BCUT2D eigenvalue weighted by atomic mass is 16.2. The van der Waals surface area contributed by atoms with Gasteiger partial charge in [-0.1, -0.05) is 26.0 Å². The van der Waals surface area contributed by atoms with Gasteiger partial charge in [0.2, 0.25) is 5.91 Å². The third kappa shape index (κ3) is 2.96. The quantitative estimate of drug-likeness (QED) is 0.850. The topological polar surface area (TPSA) is 84.0 Å². The second-order valence-corrected chi connectivity index (χ2v) is 5.08. The molecule has 0 fully saturated rings. The Labute approximate surface area is 115 Å². The molecule has 106 valence electrons. The number of carbonyl (C=O) groups is 1. The molecule has 1 amide bonds. The van der Waals surface area contributed by atoms with Crippen molar-refractivity contribution in [1.29, 1.82) is 0 Å². The van der Waals surface area contributed by atoms with Crippen LogP contribution in [0.1, 0.15) is 13.8 Å². The first-order chi connectivity index (χ1) is 9.49. The predicted octanol–water partition coefficient (Wildman–Crippen LogP) is 0.462. The molecular formula is C14H17N3O3. The Bertz CT molecular complexity index is 743. The molecule has 0 spiro atoms. The van der Waals surface area contributed by atoms with Gasteiger partial charge in [0.05, 0.1) is 10.8 Å². The van der Waals surface area contributed by atoms with Gasteiger partial charge in [0.15, 0.2) is 0 Å². The largest absolute Gasteiger partial charge is 0.354 e. The van der Waals surface area contributed by atoms with E-state index in [1.165, 1.54) is 0 Å². The summed E-state index contributed by atoms with van der Waals surface area (Å²) in [7, 11) is 0. The van der Waals surface area contributed by atoms with Crippen molar-refractivity contribution in [2.45, 2.75) is 20.4 Å². The third-order valence-electron chi connectivity index (χ3n) is 2.89. The lowest BCUT2D eigenvalue weighted by atomic mass is 10.2. The van der Waals surface area contributed by atoms with Crippen molar-refractivity contribution >= 4 is 16.7 Å². The molecule has 6 nitrogen and oxygen atoms in total. The molecule has 0 unspecified atom stereocenters. The van der Waals surface area contributed by atoms with E-state index >= 15 is 0 Å². The molecular weight excluding hydrogens is 258 g/mol. The number of aromatic amines is 1. The summed E-state index contributed by atoms with van der Waals surface area (Å²) in [6.07, 6.45) is 0. The maximum absolute atomic E-state index is 12.2. The number of H-pyrrole nitrogens is 1. The lowest BCUT2D eigenvalue weighted by Crippen LogP contribution is -2.37. The second kappa shape index (κ2) is 5.73. The first-order valence-corrected chi connectivity index (χ1v) is 6.47. The number of nitrogens with zero attached hydrogens (tertiary/aromatic N) is 1. The normalized spacial score (nSPS) is 10.9. The Balaban J connectivity index is 2.32. The van der Waals surface area contributed by atoms with E-state index in [9.17, 15) is 14.4 Å². The van der Waals surface area contributed by atoms with Crippen LogP contribution in [0.3, 0.4) is 0 Å². The summed E-state index contributed by atoms with van der Waals surface area (Å²) in [5, 5.41) is 5.77. The van der Waals surface area contributed by atoms with Gasteiger partial charge in [0.25, 0.3) is 11.1 Å². The lowest BCUT2D eigenvalue weighted by Gasteiger charge is -2.09. The Morgan fingerprint density at radius 1 is 1.25 bits per heavy atom. The molecule has 1 aromatic heterocycles. The number of hydrogen-bond donors (Lipinski definition) is 2. The van der Waals surface area contributed by atoms with Crippen molar-refractivity contribution in [2.24, 2.45) is 5.92 Å². The van der Waals surface area contributed by atoms with Crippen molar-refractivity contribution in [3.8, 4) is 0 Å². The minimum absolute atomic E-state index is 0.189. The summed E-state index contributed by atoms with van der Waals surface area (Å²) < 4.78 is 1.04. The standard InChI is InChI=1S/C14H17N3O3/c1-9(2)7-15-12(18)8-17-14(20)11-6-4-3-5-10(11)13(19)16-17/h3-6,9H,7-8H2,1-2H3,(H,15,18)(H,16,19). The van der Waals surface area contributed by atoms with Crippen LogP contribution in [0, 0.1) is 5.92 Å². The van der Waals surface area contributed by atoms with Crippen molar-refractivity contribution in [2.75, 3.05) is 6.54 Å². The number of rotatable bonds is 4. The molecule has 0 bridgehead atoms. The zero-order chi connectivity index (χ0) is 14.7. The van der Waals surface area contributed by atoms with E-state index in [1.54, 1.807) is 24.3 Å². The number of amides is 1. The SMILES string of the molecule is CC(C)CNC(=O)Cn1[nH]c(=O)c2ccccc2c1=O. The zero-order valence-electron chi connectivity index (χ0n) is 11.5. The predicted molar refractivity (Wildman–Crippen MR) is 76.7 cm³/mol. The second-order valence-electron chi connectivity index (χ2n) is 5.08. The van der Waals surface area contributed by atoms with Crippen molar-refractivity contribution < 1.29 is 4.79 Å². The number of benzene rings is 1. The molecule has 20 heavy (non-hydrogen) atoms. The third-order valence-corrected chi connectivity index (χ3v) is 2.89. The van der Waals surface area contributed by atoms with E-state index in [-0.39, 0.29) is 23.6 Å². The van der Waals surface area contributed by atoms with Crippen LogP contribution in [0.2, 0.25) is 0 Å². The Morgan fingerprint density at radius 3 is 2.55 bits per heavy atom. The molecule has 2 aromatic rings. The molecule has 0 aliphatic rings. The average molecular weight is 275 g/mol. The van der Waals surface area contributed by atoms with Crippen LogP contribution in [0.4, 0.5) is 0 Å². The van der Waals surface area contributed by atoms with E-state index < -0.39 is 0 Å². The zero-order valence-corrected chi connectivity index (χ0v) is 11.5. The molecule has 2 N–H and O–H groups in total. The first kappa shape index (κ1) is 14.0. The van der Waals surface area contributed by atoms with Gasteiger partial charge in [-0.2, -0.15) is 0 Å². The Morgan fingerprint density at radius 2 is 1.90 bits per heavy atom. The van der Waals surface area contributed by atoms with E-state index in [1.807, 2.05) is 13.8 Å². The van der Waals surface area contributed by atoms with E-state index in [4.69, 9.17) is 0 Å². The van der Waals surface area contributed by atoms with E-state index in [0.717, 1.165) is 4.68 Å². The fraction of sp³-hybridized carbons (Fsp3) is 0.357. The van der Waals surface area contributed by atoms with Gasteiger partial charge in [-0.3, -0.25) is 19.5 Å². The van der Waals surface area contributed by atoms with Gasteiger partial charge in [-0.25, -0.2) is 4.68 Å². The minimum atomic E-state index is -0.378. The van der Waals surface area contributed by atoms with E-state index in [0.29, 0.717) is 23.2 Å². The van der Waals surface area contributed by atoms with Crippen LogP contribution in [-0.2, 0) is 11.3 Å². The molecule has 1 heterocycles. The average Bonchev–Trinajstić information content (AvgIpc) is 2.42. The number of nitrogens with one attached hydrogen (secondary N) is 2. The van der Waals surface area contributed by atoms with Gasteiger partial charge in [0.1, 0.15) is 6.54 Å². The van der Waals surface area contributed by atoms with Crippen LogP contribution in [0.15, 0.2) is 33.9 Å². The highest BCUT2D eigenvalue weighted by molar-refractivity contribution is 5.81. The number of fused-ring (bicyclic) bond motifs is 1. The number of hydrogen-bond acceptors (Lipinski definition) is 3. The fourth-order valence-corrected chi connectivity index (χ4v) is 1.88. The van der Waals surface area contributed by atoms with Gasteiger partial charge < -0.3 is 5.32 Å². The van der Waals surface area contributed by atoms with Crippen LogP contribution in [0.25, 0.3) is 10.8 Å². The summed E-state index contributed by atoms with van der Waals surface area (Å²) >= 11 is 0. The van der Waals surface area contributed by atoms with Gasteiger partial charge in [0, 0.05) is 6.54 Å². The summed E-state index contributed by atoms with van der Waals surface area (Å²) in [4.78, 5) is 35.7. The van der Waals surface area contributed by atoms with Crippen molar-refractivity contribution in [1.82, 2.24) is 15.1 Å². The smallest absolute Gasteiger partial charge is 0.273 e. The molecule has 1 aromatic carbocycles. The number of carbonyl (C=O) groups excluding carboxylic acids is 1. The minimum Gasteiger partial charge on any atom is -0.354 e. The van der Waals surface area contributed by atoms with Crippen molar-refractivity contribution in [3.05, 3.63) is 45.0 Å². The maximum atomic E-state index is 12.2. The van der Waals surface area contributed by atoms with E-state index in [2.05, 4.69) is 10.4 Å². The van der Waals surface area contributed by atoms with Crippen LogP contribution < -0.4 is 16.4 Å². The lowest BCUT2D eigenvalue weighted by molar-refractivity contribution is -0.122. The van der Waals surface area contributed by atoms with Crippen molar-refractivity contribution in [3.63, 3.8) is 0 Å². The molecule has 0 aliphatic carbocycles. The maximum Gasteiger partial charge on any atom is 0.273 e. The summed E-state index contributed by atoms with van der Waals surface area (Å²) in [5.74, 6) is 0.0260. The molecule has 6 heteroatoms. The Hall–Kier alpha value is -2.37. The molecule has 0 saturated heterocycles. The monoisotopic (exact) mass is 275 g/mol. The first-order valence-electron chi connectivity index (χ1n) is 6.47. The fourth-order valence-electron chi connectivity index (χ4n) is 1.88. The molecule has 0 radical (unpaired) electrons. The van der Waals surface area contributed by atoms with Gasteiger partial charge in [-0.15, -0.1) is 0 Å². The van der Waals surface area contributed by atoms with Crippen LogP contribution in [-0.4, -0.2) is 22.2 Å². The highest BCUT2D eigenvalue weighted by Gasteiger charge is 2.09. The highest BCUT2D eigenvalue weighted by Crippen LogP contribution is 2.02. The van der Waals surface area contributed by atoms with Crippen LogP contribution >= 0.6 is 0 Å².